The van der Waals surface area contributed by atoms with Gasteiger partial charge in [0.05, 0.1) is 11.6 Å². The molecule has 0 atom stereocenters. The van der Waals surface area contributed by atoms with Crippen molar-refractivity contribution in [3.63, 3.8) is 0 Å². The summed E-state index contributed by atoms with van der Waals surface area (Å²) in [7, 11) is 0. The number of hydrogen-bond acceptors (Lipinski definition) is 5. The van der Waals surface area contributed by atoms with Gasteiger partial charge in [-0.25, -0.2) is 9.97 Å². The summed E-state index contributed by atoms with van der Waals surface area (Å²) in [5.41, 5.74) is 0.845. The molecule has 17 heavy (non-hydrogen) atoms. The number of rotatable bonds is 6. The molecule has 1 N–H and O–H groups in total. The molecule has 0 spiro atoms. The standard InChI is InChI=1S/C11H16N4S2/c1-3-5-16-10-8-7-12-15-9(8)13-11(14-10)17-6-4-2/h7H,3-6H2,1-2H3,(H,12,13,14,15). The van der Waals surface area contributed by atoms with Gasteiger partial charge in [-0.15, -0.1) is 11.8 Å². The van der Waals surface area contributed by atoms with Gasteiger partial charge in [-0.3, -0.25) is 5.10 Å². The topological polar surface area (TPSA) is 54.5 Å². The molecule has 4 nitrogen and oxygen atoms in total. The minimum atomic E-state index is 0.845. The van der Waals surface area contributed by atoms with Crippen LogP contribution < -0.4 is 0 Å². The van der Waals surface area contributed by atoms with Crippen molar-refractivity contribution in [3.8, 4) is 0 Å². The molecule has 2 rings (SSSR count). The van der Waals surface area contributed by atoms with Crippen LogP contribution in [-0.4, -0.2) is 31.7 Å². The maximum Gasteiger partial charge on any atom is 0.190 e. The third-order valence-corrected chi connectivity index (χ3v) is 4.38. The second-order valence-corrected chi connectivity index (χ2v) is 5.79. The molecule has 0 saturated heterocycles. The van der Waals surface area contributed by atoms with E-state index in [-0.39, 0.29) is 0 Å². The Balaban J connectivity index is 2.29. The zero-order valence-corrected chi connectivity index (χ0v) is 11.7. The summed E-state index contributed by atoms with van der Waals surface area (Å²) in [5.74, 6) is 2.13. The SMILES string of the molecule is CCCSc1nc(SCCC)c2cn[nH]c2n1. The number of aromatic amines is 1. The van der Waals surface area contributed by atoms with Gasteiger partial charge in [0.15, 0.2) is 10.8 Å². The summed E-state index contributed by atoms with van der Waals surface area (Å²) >= 11 is 3.48. The number of thioether (sulfide) groups is 2. The van der Waals surface area contributed by atoms with Crippen LogP contribution in [0.25, 0.3) is 11.0 Å². The molecule has 0 radical (unpaired) electrons. The molecule has 0 aliphatic carbocycles. The molecule has 0 aliphatic rings. The van der Waals surface area contributed by atoms with Crippen LogP contribution in [0, 0.1) is 0 Å². The minimum Gasteiger partial charge on any atom is -0.261 e. The Morgan fingerprint density at radius 3 is 2.65 bits per heavy atom. The quantitative estimate of drug-likeness (QED) is 0.494. The Hall–Kier alpha value is -0.750. The van der Waals surface area contributed by atoms with Crippen molar-refractivity contribution in [2.45, 2.75) is 36.9 Å². The van der Waals surface area contributed by atoms with Gasteiger partial charge in [0, 0.05) is 5.75 Å². The van der Waals surface area contributed by atoms with Crippen LogP contribution in [0.3, 0.4) is 0 Å². The Kier molecular flexibility index (Phi) is 4.67. The fraction of sp³-hybridized carbons (Fsp3) is 0.545. The average Bonchev–Trinajstić information content (AvgIpc) is 2.81. The third kappa shape index (κ3) is 3.13. The van der Waals surface area contributed by atoms with Gasteiger partial charge in [-0.05, 0) is 18.6 Å². The highest BCUT2D eigenvalue weighted by molar-refractivity contribution is 7.99. The molecule has 0 fully saturated rings. The lowest BCUT2D eigenvalue weighted by Gasteiger charge is -2.03. The zero-order chi connectivity index (χ0) is 12.1. The summed E-state index contributed by atoms with van der Waals surface area (Å²) in [6.45, 7) is 4.34. The van der Waals surface area contributed by atoms with Crippen LogP contribution in [0.1, 0.15) is 26.7 Å². The van der Waals surface area contributed by atoms with E-state index in [4.69, 9.17) is 0 Å². The smallest absolute Gasteiger partial charge is 0.190 e. The Labute approximate surface area is 109 Å². The molecule has 2 heterocycles. The predicted molar refractivity (Wildman–Crippen MR) is 73.7 cm³/mol. The Bertz CT molecular complexity index is 483. The molecule has 0 saturated carbocycles. The number of hydrogen-bond donors (Lipinski definition) is 1. The first-order chi connectivity index (χ1) is 8.35. The van der Waals surface area contributed by atoms with Crippen LogP contribution in [0.5, 0.6) is 0 Å². The number of fused-ring (bicyclic) bond motifs is 1. The lowest BCUT2D eigenvalue weighted by molar-refractivity contribution is 0.917. The predicted octanol–water partition coefficient (Wildman–Crippen LogP) is 3.36. The highest BCUT2D eigenvalue weighted by Crippen LogP contribution is 2.27. The molecular formula is C11H16N4S2. The highest BCUT2D eigenvalue weighted by atomic mass is 32.2. The minimum absolute atomic E-state index is 0.845. The van der Waals surface area contributed by atoms with Crippen LogP contribution in [0.4, 0.5) is 0 Å². The molecule has 2 aromatic heterocycles. The molecule has 92 valence electrons. The van der Waals surface area contributed by atoms with Crippen molar-refractivity contribution in [1.29, 1.82) is 0 Å². The highest BCUT2D eigenvalue weighted by Gasteiger charge is 2.09. The van der Waals surface area contributed by atoms with Crippen molar-refractivity contribution >= 4 is 34.6 Å². The summed E-state index contributed by atoms with van der Waals surface area (Å²) in [6, 6.07) is 0. The van der Waals surface area contributed by atoms with Gasteiger partial charge in [-0.2, -0.15) is 5.10 Å². The van der Waals surface area contributed by atoms with Gasteiger partial charge >= 0.3 is 0 Å². The summed E-state index contributed by atoms with van der Waals surface area (Å²) in [5, 5.41) is 9.89. The van der Waals surface area contributed by atoms with E-state index < -0.39 is 0 Å². The van der Waals surface area contributed by atoms with E-state index in [2.05, 4.69) is 34.0 Å². The maximum absolute atomic E-state index is 4.60. The first-order valence-corrected chi connectivity index (χ1v) is 7.79. The number of H-pyrrole nitrogens is 1. The van der Waals surface area contributed by atoms with Gasteiger partial charge in [0.1, 0.15) is 5.03 Å². The van der Waals surface area contributed by atoms with Crippen LogP contribution in [-0.2, 0) is 0 Å². The van der Waals surface area contributed by atoms with E-state index in [1.54, 1.807) is 23.5 Å². The van der Waals surface area contributed by atoms with Crippen LogP contribution in [0.2, 0.25) is 0 Å². The fourth-order valence-corrected chi connectivity index (χ4v) is 2.96. The second kappa shape index (κ2) is 6.26. The molecule has 2 aromatic rings. The lowest BCUT2D eigenvalue weighted by atomic mass is 10.4. The van der Waals surface area contributed by atoms with Crippen molar-refractivity contribution in [2.24, 2.45) is 0 Å². The monoisotopic (exact) mass is 268 g/mol. The molecule has 0 aromatic carbocycles. The second-order valence-electron chi connectivity index (χ2n) is 3.64. The number of aromatic nitrogens is 4. The van der Waals surface area contributed by atoms with Crippen molar-refractivity contribution < 1.29 is 0 Å². The zero-order valence-electron chi connectivity index (χ0n) is 10.1. The van der Waals surface area contributed by atoms with Gasteiger partial charge in [0.25, 0.3) is 0 Å². The number of nitrogens with zero attached hydrogens (tertiary/aromatic N) is 3. The van der Waals surface area contributed by atoms with E-state index in [1.165, 1.54) is 0 Å². The number of nitrogens with one attached hydrogen (secondary N) is 1. The lowest BCUT2D eigenvalue weighted by Crippen LogP contribution is -1.92. The van der Waals surface area contributed by atoms with Crippen LogP contribution in [0.15, 0.2) is 16.4 Å². The maximum atomic E-state index is 4.60. The van der Waals surface area contributed by atoms with Crippen LogP contribution >= 0.6 is 23.5 Å². The van der Waals surface area contributed by atoms with Gasteiger partial charge in [0.2, 0.25) is 0 Å². The summed E-state index contributed by atoms with van der Waals surface area (Å²) < 4.78 is 0. The molecular weight excluding hydrogens is 252 g/mol. The van der Waals surface area contributed by atoms with E-state index in [0.717, 1.165) is 45.6 Å². The summed E-state index contributed by atoms with van der Waals surface area (Å²) in [4.78, 5) is 9.06. The fourth-order valence-electron chi connectivity index (χ4n) is 1.36. The molecule has 0 unspecified atom stereocenters. The van der Waals surface area contributed by atoms with Gasteiger partial charge < -0.3 is 0 Å². The molecule has 0 amide bonds. The first-order valence-electron chi connectivity index (χ1n) is 5.81. The Morgan fingerprint density at radius 2 is 1.88 bits per heavy atom. The van der Waals surface area contributed by atoms with E-state index in [0.29, 0.717) is 0 Å². The first kappa shape index (κ1) is 12.7. The summed E-state index contributed by atoms with van der Waals surface area (Å²) in [6.07, 6.45) is 4.08. The van der Waals surface area contributed by atoms with Gasteiger partial charge in [-0.1, -0.05) is 25.6 Å². The van der Waals surface area contributed by atoms with Crippen molar-refractivity contribution in [2.75, 3.05) is 11.5 Å². The normalized spacial score (nSPS) is 11.2. The third-order valence-electron chi connectivity index (χ3n) is 2.13. The Morgan fingerprint density at radius 1 is 1.12 bits per heavy atom. The molecule has 0 aliphatic heterocycles. The van der Waals surface area contributed by atoms with Crippen molar-refractivity contribution in [1.82, 2.24) is 20.2 Å². The average molecular weight is 268 g/mol. The largest absolute Gasteiger partial charge is 0.261 e. The molecule has 6 heteroatoms. The van der Waals surface area contributed by atoms with E-state index >= 15 is 0 Å². The van der Waals surface area contributed by atoms with E-state index in [1.807, 2.05) is 6.20 Å². The van der Waals surface area contributed by atoms with E-state index in [9.17, 15) is 0 Å². The molecule has 0 bridgehead atoms. The van der Waals surface area contributed by atoms with Crippen molar-refractivity contribution in [3.05, 3.63) is 6.20 Å².